The van der Waals surface area contributed by atoms with Crippen LogP contribution in [0.4, 0.5) is 4.48 Å². The van der Waals surface area contributed by atoms with Crippen molar-refractivity contribution in [3.63, 3.8) is 0 Å². The van der Waals surface area contributed by atoms with Crippen molar-refractivity contribution < 1.29 is 4.48 Å². The first kappa shape index (κ1) is 10.5. The van der Waals surface area contributed by atoms with Gasteiger partial charge in [0, 0.05) is 5.56 Å². The lowest BCUT2D eigenvalue weighted by atomic mass is 10.1. The molecule has 14 heavy (non-hydrogen) atoms. The van der Waals surface area contributed by atoms with Crippen LogP contribution in [0.1, 0.15) is 29.4 Å². The van der Waals surface area contributed by atoms with Crippen LogP contribution < -0.4 is 0 Å². The molecule has 0 saturated carbocycles. The summed E-state index contributed by atoms with van der Waals surface area (Å²) in [6, 6.07) is 0. The Bertz CT molecular complexity index is 397. The van der Waals surface area contributed by atoms with Gasteiger partial charge in [-0.15, -0.1) is 0 Å². The Hall–Kier alpha value is -1.57. The fraction of sp³-hybridized carbons (Fsp3) is 0.167. The van der Waals surface area contributed by atoms with E-state index in [9.17, 15) is 4.48 Å². The maximum Gasteiger partial charge on any atom is 0.0819 e. The van der Waals surface area contributed by atoms with E-state index < -0.39 is 0 Å². The van der Waals surface area contributed by atoms with Crippen LogP contribution in [0.2, 0.25) is 0 Å². The number of hydrogen-bond donors (Lipinski definition) is 0. The minimum absolute atomic E-state index is 0.494. The monoisotopic (exact) mass is 191 g/mol. The zero-order chi connectivity index (χ0) is 10.7. The number of aromatic nitrogens is 1. The van der Waals surface area contributed by atoms with Crippen molar-refractivity contribution >= 4 is 18.2 Å². The molecule has 0 aliphatic carbocycles. The van der Waals surface area contributed by atoms with Gasteiger partial charge in [0.25, 0.3) is 0 Å². The van der Waals surface area contributed by atoms with Gasteiger partial charge < -0.3 is 0 Å². The number of rotatable bonds is 3. The number of hydrogen-bond acceptors (Lipinski definition) is 0. The van der Waals surface area contributed by atoms with Crippen LogP contribution in [-0.4, -0.2) is 4.79 Å². The van der Waals surface area contributed by atoms with Gasteiger partial charge in [0.05, 0.1) is 11.4 Å². The third kappa shape index (κ3) is 1.43. The summed E-state index contributed by atoms with van der Waals surface area (Å²) in [5.74, 6) is 0. The van der Waals surface area contributed by atoms with Crippen molar-refractivity contribution in [1.82, 2.24) is 4.79 Å². The smallest absolute Gasteiger partial charge is 0.0819 e. The van der Waals surface area contributed by atoms with Gasteiger partial charge in [0.15, 0.2) is 0 Å². The molecular weight excluding hydrogens is 177 g/mol. The van der Waals surface area contributed by atoms with Crippen molar-refractivity contribution in [2.24, 2.45) is 0 Å². The first-order valence-corrected chi connectivity index (χ1v) is 4.46. The van der Waals surface area contributed by atoms with Gasteiger partial charge in [-0.05, 0) is 31.6 Å². The summed E-state index contributed by atoms with van der Waals surface area (Å²) in [6.45, 7) is 11.0. The average Bonchev–Trinajstić information content (AvgIpc) is 2.39. The molecule has 1 rings (SSSR count). The SMILES string of the molecule is C=Cc1c(C)c(C=C)n(F)c1/C=C\C. The molecule has 0 aliphatic heterocycles. The highest BCUT2D eigenvalue weighted by Gasteiger charge is 2.13. The molecule has 0 saturated heterocycles. The fourth-order valence-electron chi connectivity index (χ4n) is 1.52. The van der Waals surface area contributed by atoms with E-state index in [-0.39, 0.29) is 0 Å². The van der Waals surface area contributed by atoms with Crippen LogP contribution in [0.15, 0.2) is 19.2 Å². The third-order valence-corrected chi connectivity index (χ3v) is 2.21. The summed E-state index contributed by atoms with van der Waals surface area (Å²) < 4.78 is 13.7. The van der Waals surface area contributed by atoms with Gasteiger partial charge in [-0.25, -0.2) is 0 Å². The summed E-state index contributed by atoms with van der Waals surface area (Å²) in [5, 5.41) is 0. The number of allylic oxidation sites excluding steroid dienone is 1. The van der Waals surface area contributed by atoms with Gasteiger partial charge in [-0.2, -0.15) is 4.79 Å². The van der Waals surface area contributed by atoms with E-state index in [0.29, 0.717) is 16.2 Å². The van der Waals surface area contributed by atoms with Gasteiger partial charge in [-0.1, -0.05) is 29.8 Å². The highest BCUT2D eigenvalue weighted by atomic mass is 19.2. The molecule has 1 heterocycles. The molecule has 74 valence electrons. The Kier molecular flexibility index (Phi) is 3.07. The molecule has 0 aliphatic rings. The Morgan fingerprint density at radius 2 is 1.86 bits per heavy atom. The highest BCUT2D eigenvalue weighted by molar-refractivity contribution is 5.70. The van der Waals surface area contributed by atoms with E-state index in [4.69, 9.17) is 0 Å². The Morgan fingerprint density at radius 1 is 1.21 bits per heavy atom. The Balaban J connectivity index is 3.54. The predicted octanol–water partition coefficient (Wildman–Crippen LogP) is 3.85. The molecule has 0 unspecified atom stereocenters. The lowest BCUT2D eigenvalue weighted by molar-refractivity contribution is 0.364. The lowest BCUT2D eigenvalue weighted by Gasteiger charge is -1.95. The second-order valence-corrected chi connectivity index (χ2v) is 3.00. The summed E-state index contributed by atoms with van der Waals surface area (Å²) in [6.07, 6.45) is 6.69. The summed E-state index contributed by atoms with van der Waals surface area (Å²) in [7, 11) is 0. The Labute approximate surface area is 83.8 Å². The molecule has 1 aromatic rings. The zero-order valence-corrected chi connectivity index (χ0v) is 8.55. The van der Waals surface area contributed by atoms with E-state index in [1.54, 1.807) is 18.2 Å². The second kappa shape index (κ2) is 4.09. The molecule has 0 aromatic carbocycles. The van der Waals surface area contributed by atoms with Gasteiger partial charge in [-0.3, -0.25) is 0 Å². The molecule has 2 heteroatoms. The minimum atomic E-state index is 0.494. The highest BCUT2D eigenvalue weighted by Crippen LogP contribution is 2.25. The summed E-state index contributed by atoms with van der Waals surface area (Å²) >= 11 is 0. The average molecular weight is 191 g/mol. The molecule has 0 bridgehead atoms. The van der Waals surface area contributed by atoms with E-state index in [1.165, 1.54) is 6.08 Å². The van der Waals surface area contributed by atoms with Gasteiger partial charge in [0.2, 0.25) is 0 Å². The quantitative estimate of drug-likeness (QED) is 0.684. The van der Waals surface area contributed by atoms with E-state index in [1.807, 2.05) is 13.8 Å². The zero-order valence-electron chi connectivity index (χ0n) is 8.55. The van der Waals surface area contributed by atoms with Crippen molar-refractivity contribution in [3.8, 4) is 0 Å². The minimum Gasteiger partial charge on any atom is -0.179 e. The summed E-state index contributed by atoms with van der Waals surface area (Å²) in [4.78, 5) is 0.638. The van der Waals surface area contributed by atoms with Gasteiger partial charge >= 0.3 is 0 Å². The van der Waals surface area contributed by atoms with Crippen LogP contribution in [0.5, 0.6) is 0 Å². The predicted molar refractivity (Wildman–Crippen MR) is 60.6 cm³/mol. The maximum atomic E-state index is 13.7. The number of halogens is 1. The molecule has 0 amide bonds. The normalized spacial score (nSPS) is 10.8. The van der Waals surface area contributed by atoms with E-state index in [0.717, 1.165) is 11.1 Å². The van der Waals surface area contributed by atoms with Crippen LogP contribution >= 0.6 is 0 Å². The Morgan fingerprint density at radius 3 is 2.29 bits per heavy atom. The standard InChI is InChI=1S/C12H14FN/c1-5-8-12-10(6-2)9(4)11(7-3)14(12)13/h5-8H,2-3H2,1,4H3/b8-5-. The largest absolute Gasteiger partial charge is 0.179 e. The first-order valence-electron chi connectivity index (χ1n) is 4.46. The molecule has 0 radical (unpaired) electrons. The van der Waals surface area contributed by atoms with E-state index in [2.05, 4.69) is 13.2 Å². The second-order valence-electron chi connectivity index (χ2n) is 3.00. The third-order valence-electron chi connectivity index (χ3n) is 2.21. The maximum absolute atomic E-state index is 13.7. The van der Waals surface area contributed by atoms with Crippen LogP contribution in [-0.2, 0) is 0 Å². The van der Waals surface area contributed by atoms with E-state index >= 15 is 0 Å². The molecule has 1 aromatic heterocycles. The van der Waals surface area contributed by atoms with Crippen LogP contribution in [0, 0.1) is 6.92 Å². The van der Waals surface area contributed by atoms with Crippen LogP contribution in [0.3, 0.4) is 0 Å². The number of nitrogens with zero attached hydrogens (tertiary/aromatic N) is 1. The van der Waals surface area contributed by atoms with Crippen molar-refractivity contribution in [3.05, 3.63) is 41.7 Å². The lowest BCUT2D eigenvalue weighted by Crippen LogP contribution is -1.88. The molecule has 0 fully saturated rings. The molecule has 1 nitrogen and oxygen atoms in total. The molecule has 0 spiro atoms. The fourth-order valence-corrected chi connectivity index (χ4v) is 1.52. The summed E-state index contributed by atoms with van der Waals surface area (Å²) in [5.41, 5.74) is 2.70. The molecular formula is C12H14FN. The van der Waals surface area contributed by atoms with Crippen LogP contribution in [0.25, 0.3) is 18.2 Å². The topological polar surface area (TPSA) is 4.93 Å². The molecule has 0 N–H and O–H groups in total. The van der Waals surface area contributed by atoms with Crippen molar-refractivity contribution in [2.45, 2.75) is 13.8 Å². The molecule has 0 atom stereocenters. The van der Waals surface area contributed by atoms with Crippen molar-refractivity contribution in [2.75, 3.05) is 0 Å². The van der Waals surface area contributed by atoms with Gasteiger partial charge in [0.1, 0.15) is 0 Å². The first-order chi connectivity index (χ1) is 6.67. The van der Waals surface area contributed by atoms with Crippen molar-refractivity contribution in [1.29, 1.82) is 0 Å².